The molecule has 4 heteroatoms. The number of carboxylic acid groups (broad SMARTS) is 1. The fourth-order valence-electron chi connectivity index (χ4n) is 2.17. The zero-order valence-corrected chi connectivity index (χ0v) is 10.3. The van der Waals surface area contributed by atoms with Gasteiger partial charge in [-0.2, -0.15) is 0 Å². The van der Waals surface area contributed by atoms with Crippen molar-refractivity contribution in [2.45, 2.75) is 25.8 Å². The lowest BCUT2D eigenvalue weighted by Gasteiger charge is -2.36. The summed E-state index contributed by atoms with van der Waals surface area (Å²) in [6.07, 6.45) is 2.24. The van der Waals surface area contributed by atoms with Crippen LogP contribution in [0.25, 0.3) is 0 Å². The van der Waals surface area contributed by atoms with E-state index in [4.69, 9.17) is 5.11 Å². The topological polar surface area (TPSA) is 43.8 Å². The summed E-state index contributed by atoms with van der Waals surface area (Å²) in [4.78, 5) is 15.2. The van der Waals surface area contributed by atoms with E-state index in [1.165, 1.54) is 0 Å². The van der Waals surface area contributed by atoms with Crippen LogP contribution in [0, 0.1) is 0 Å². The van der Waals surface area contributed by atoms with Crippen LogP contribution in [0.3, 0.4) is 0 Å². The summed E-state index contributed by atoms with van der Waals surface area (Å²) in [5, 5.41) is 8.77. The van der Waals surface area contributed by atoms with E-state index in [1.54, 1.807) is 0 Å². The van der Waals surface area contributed by atoms with E-state index in [9.17, 15) is 4.79 Å². The third-order valence-corrected chi connectivity index (χ3v) is 3.37. The number of piperidine rings is 1. The van der Waals surface area contributed by atoms with Gasteiger partial charge in [-0.1, -0.05) is 13.5 Å². The number of likely N-dealkylation sites (N-methyl/N-ethyl adjacent to an activating group) is 1. The van der Waals surface area contributed by atoms with Gasteiger partial charge in [-0.25, -0.2) is 4.79 Å². The molecule has 1 aliphatic rings. The summed E-state index contributed by atoms with van der Waals surface area (Å²) in [6, 6.07) is 0.499. The summed E-state index contributed by atoms with van der Waals surface area (Å²) in [5.74, 6) is -0.891. The van der Waals surface area contributed by atoms with Crippen LogP contribution in [0.5, 0.6) is 0 Å². The molecular formula is C12H22N2O2. The van der Waals surface area contributed by atoms with Gasteiger partial charge >= 0.3 is 5.97 Å². The highest BCUT2D eigenvalue weighted by atomic mass is 16.4. The first-order valence-corrected chi connectivity index (χ1v) is 5.88. The molecule has 1 rings (SSSR count). The quantitative estimate of drug-likeness (QED) is 0.711. The molecule has 0 atom stereocenters. The minimum Gasteiger partial charge on any atom is -0.478 e. The van der Waals surface area contributed by atoms with Crippen LogP contribution in [0.1, 0.15) is 19.8 Å². The Morgan fingerprint density at radius 2 is 2.06 bits per heavy atom. The summed E-state index contributed by atoms with van der Waals surface area (Å²) < 4.78 is 0. The molecule has 1 fully saturated rings. The molecule has 1 saturated heterocycles. The Kier molecular flexibility index (Phi) is 4.96. The van der Waals surface area contributed by atoms with Crippen molar-refractivity contribution < 1.29 is 9.90 Å². The van der Waals surface area contributed by atoms with Gasteiger partial charge in [0.15, 0.2) is 0 Å². The van der Waals surface area contributed by atoms with E-state index in [1.807, 2.05) is 7.05 Å². The third kappa shape index (κ3) is 3.61. The van der Waals surface area contributed by atoms with Crippen molar-refractivity contribution in [1.29, 1.82) is 0 Å². The zero-order chi connectivity index (χ0) is 12.1. The number of nitrogens with zero attached hydrogens (tertiary/aromatic N) is 2. The van der Waals surface area contributed by atoms with Gasteiger partial charge in [0.25, 0.3) is 0 Å². The highest BCUT2D eigenvalue weighted by Gasteiger charge is 2.22. The summed E-state index contributed by atoms with van der Waals surface area (Å²) >= 11 is 0. The highest BCUT2D eigenvalue weighted by molar-refractivity contribution is 5.86. The summed E-state index contributed by atoms with van der Waals surface area (Å²) in [5.41, 5.74) is 0.278. The van der Waals surface area contributed by atoms with E-state index in [2.05, 4.69) is 23.3 Å². The van der Waals surface area contributed by atoms with Gasteiger partial charge < -0.3 is 10.0 Å². The molecule has 0 bridgehead atoms. The first kappa shape index (κ1) is 13.2. The second kappa shape index (κ2) is 6.01. The molecule has 0 aliphatic carbocycles. The van der Waals surface area contributed by atoms with Gasteiger partial charge in [-0.05, 0) is 39.5 Å². The molecule has 0 unspecified atom stereocenters. The number of carbonyl (C=O) groups is 1. The first-order chi connectivity index (χ1) is 7.54. The van der Waals surface area contributed by atoms with Crippen molar-refractivity contribution in [3.63, 3.8) is 0 Å². The minimum atomic E-state index is -0.891. The maximum absolute atomic E-state index is 10.7. The molecule has 4 nitrogen and oxygen atoms in total. The van der Waals surface area contributed by atoms with Crippen LogP contribution in [0.15, 0.2) is 12.2 Å². The van der Waals surface area contributed by atoms with E-state index >= 15 is 0 Å². The fraction of sp³-hybridized carbons (Fsp3) is 0.750. The first-order valence-electron chi connectivity index (χ1n) is 5.88. The maximum atomic E-state index is 10.7. The van der Waals surface area contributed by atoms with Gasteiger partial charge in [0.2, 0.25) is 0 Å². The lowest BCUT2D eigenvalue weighted by Crippen LogP contribution is -2.44. The van der Waals surface area contributed by atoms with Crippen LogP contribution < -0.4 is 0 Å². The van der Waals surface area contributed by atoms with Crippen molar-refractivity contribution in [3.05, 3.63) is 12.2 Å². The van der Waals surface area contributed by atoms with E-state index in [0.29, 0.717) is 12.6 Å². The van der Waals surface area contributed by atoms with Gasteiger partial charge in [0.1, 0.15) is 0 Å². The summed E-state index contributed by atoms with van der Waals surface area (Å²) in [6.45, 7) is 9.55. The second-order valence-corrected chi connectivity index (χ2v) is 4.49. The fourth-order valence-corrected chi connectivity index (χ4v) is 2.17. The van der Waals surface area contributed by atoms with Gasteiger partial charge in [0.05, 0.1) is 0 Å². The van der Waals surface area contributed by atoms with Crippen molar-refractivity contribution in [3.8, 4) is 0 Å². The Hall–Kier alpha value is -0.870. The molecule has 1 heterocycles. The normalized spacial score (nSPS) is 18.9. The lowest BCUT2D eigenvalue weighted by atomic mass is 10.0. The van der Waals surface area contributed by atoms with Crippen LogP contribution >= 0.6 is 0 Å². The maximum Gasteiger partial charge on any atom is 0.332 e. The molecule has 0 spiro atoms. The third-order valence-electron chi connectivity index (χ3n) is 3.37. The Balaban J connectivity index is 2.35. The standard InChI is InChI=1S/C12H22N2O2/c1-4-14-7-5-11(6-8-14)13(3)9-10(2)12(15)16/h11H,2,4-9H2,1,3H3,(H,15,16). The molecular weight excluding hydrogens is 204 g/mol. The van der Waals surface area contributed by atoms with Crippen LogP contribution in [0.4, 0.5) is 0 Å². The van der Waals surface area contributed by atoms with Crippen molar-refractivity contribution in [1.82, 2.24) is 9.80 Å². The minimum absolute atomic E-state index is 0.278. The van der Waals surface area contributed by atoms with E-state index in [-0.39, 0.29) is 5.57 Å². The smallest absolute Gasteiger partial charge is 0.332 e. The van der Waals surface area contributed by atoms with Crippen molar-refractivity contribution >= 4 is 5.97 Å². The molecule has 1 aliphatic heterocycles. The average Bonchev–Trinajstić information content (AvgIpc) is 2.28. The number of likely N-dealkylation sites (tertiary alicyclic amines) is 1. The number of aliphatic carboxylic acids is 1. The van der Waals surface area contributed by atoms with Crippen LogP contribution in [-0.4, -0.2) is 60.1 Å². The number of hydrogen-bond donors (Lipinski definition) is 1. The Morgan fingerprint density at radius 1 is 1.50 bits per heavy atom. The molecule has 16 heavy (non-hydrogen) atoms. The van der Waals surface area contributed by atoms with E-state index < -0.39 is 5.97 Å². The van der Waals surface area contributed by atoms with Crippen LogP contribution in [0.2, 0.25) is 0 Å². The molecule has 0 saturated carbocycles. The highest BCUT2D eigenvalue weighted by Crippen LogP contribution is 2.15. The molecule has 0 aromatic rings. The van der Waals surface area contributed by atoms with Crippen LogP contribution in [-0.2, 0) is 4.79 Å². The van der Waals surface area contributed by atoms with Gasteiger partial charge in [-0.15, -0.1) is 0 Å². The Bertz CT molecular complexity index is 258. The predicted molar refractivity (Wildman–Crippen MR) is 64.5 cm³/mol. The molecule has 0 radical (unpaired) electrons. The molecule has 1 N–H and O–H groups in total. The number of hydrogen-bond acceptors (Lipinski definition) is 3. The Morgan fingerprint density at radius 3 is 2.50 bits per heavy atom. The van der Waals surface area contributed by atoms with Crippen molar-refractivity contribution in [2.24, 2.45) is 0 Å². The Labute approximate surface area is 97.5 Å². The van der Waals surface area contributed by atoms with Gasteiger partial charge in [-0.3, -0.25) is 4.90 Å². The summed E-state index contributed by atoms with van der Waals surface area (Å²) in [7, 11) is 1.99. The molecule has 0 aromatic heterocycles. The average molecular weight is 226 g/mol. The second-order valence-electron chi connectivity index (χ2n) is 4.49. The zero-order valence-electron chi connectivity index (χ0n) is 10.3. The monoisotopic (exact) mass is 226 g/mol. The SMILES string of the molecule is C=C(CN(C)C1CCN(CC)CC1)C(=O)O. The van der Waals surface area contributed by atoms with E-state index in [0.717, 1.165) is 32.5 Å². The molecule has 0 amide bonds. The van der Waals surface area contributed by atoms with Gasteiger partial charge in [0, 0.05) is 18.2 Å². The number of carboxylic acids is 1. The lowest BCUT2D eigenvalue weighted by molar-refractivity contribution is -0.132. The largest absolute Gasteiger partial charge is 0.478 e. The predicted octanol–water partition coefficient (Wildman–Crippen LogP) is 1.04. The molecule has 0 aromatic carbocycles. The van der Waals surface area contributed by atoms with Crippen molar-refractivity contribution in [2.75, 3.05) is 33.2 Å². The molecule has 92 valence electrons. The number of rotatable bonds is 5.